The van der Waals surface area contributed by atoms with Crippen molar-refractivity contribution in [3.05, 3.63) is 24.0 Å². The topological polar surface area (TPSA) is 54.5 Å². The summed E-state index contributed by atoms with van der Waals surface area (Å²) in [6.45, 7) is 4.49. The quantitative estimate of drug-likeness (QED) is 0.731. The predicted molar refractivity (Wildman–Crippen MR) is 76.5 cm³/mol. The van der Waals surface area contributed by atoms with Crippen molar-refractivity contribution in [3.8, 4) is 0 Å². The molecule has 0 radical (unpaired) electrons. The van der Waals surface area contributed by atoms with Crippen LogP contribution in [0.15, 0.2) is 18.3 Å². The van der Waals surface area contributed by atoms with Crippen LogP contribution in [0.3, 0.4) is 0 Å². The Balaban J connectivity index is 2.38. The third-order valence-corrected chi connectivity index (χ3v) is 2.53. The van der Waals surface area contributed by atoms with Crippen LogP contribution in [0, 0.1) is 0 Å². The molecule has 1 heterocycles. The first kappa shape index (κ1) is 15.4. The Hall–Kier alpha value is -1.62. The summed E-state index contributed by atoms with van der Waals surface area (Å²) in [6.07, 6.45) is 3.64. The molecule has 1 aromatic heterocycles. The van der Waals surface area contributed by atoms with Crippen molar-refractivity contribution in [1.29, 1.82) is 0 Å². The summed E-state index contributed by atoms with van der Waals surface area (Å²) in [7, 11) is 3.43. The van der Waals surface area contributed by atoms with Gasteiger partial charge in [0.1, 0.15) is 5.69 Å². The van der Waals surface area contributed by atoms with Crippen LogP contribution in [-0.2, 0) is 4.74 Å². The predicted octanol–water partition coefficient (Wildman–Crippen LogP) is 2.01. The number of ether oxygens (including phenoxy) is 1. The second-order valence-electron chi connectivity index (χ2n) is 4.52. The number of nitrogens with one attached hydrogen (secondary N) is 1. The number of carbonyl (C=O) groups is 1. The van der Waals surface area contributed by atoms with E-state index in [0.29, 0.717) is 5.69 Å². The number of aromatic nitrogens is 1. The number of amides is 1. The molecule has 5 nitrogen and oxygen atoms in total. The minimum Gasteiger partial charge on any atom is -0.385 e. The highest BCUT2D eigenvalue weighted by Gasteiger charge is 2.09. The highest BCUT2D eigenvalue weighted by atomic mass is 16.5. The fourth-order valence-corrected chi connectivity index (χ4v) is 1.54. The van der Waals surface area contributed by atoms with Crippen molar-refractivity contribution in [2.75, 3.05) is 39.2 Å². The van der Waals surface area contributed by atoms with E-state index in [-0.39, 0.29) is 5.91 Å². The van der Waals surface area contributed by atoms with Gasteiger partial charge in [-0.1, -0.05) is 6.92 Å². The average Bonchev–Trinajstić information content (AvgIpc) is 2.42. The summed E-state index contributed by atoms with van der Waals surface area (Å²) in [5.41, 5.74) is 1.37. The number of pyridine rings is 1. The lowest BCUT2D eigenvalue weighted by Gasteiger charge is -2.11. The van der Waals surface area contributed by atoms with Gasteiger partial charge in [0.15, 0.2) is 0 Å². The fourth-order valence-electron chi connectivity index (χ4n) is 1.54. The molecule has 106 valence electrons. The lowest BCUT2D eigenvalue weighted by molar-refractivity contribution is 0.0822. The highest BCUT2D eigenvalue weighted by Crippen LogP contribution is 2.09. The monoisotopic (exact) mass is 265 g/mol. The summed E-state index contributed by atoms with van der Waals surface area (Å²) < 4.78 is 5.40. The van der Waals surface area contributed by atoms with Gasteiger partial charge in [0.05, 0.1) is 0 Å². The van der Waals surface area contributed by atoms with E-state index in [2.05, 4.69) is 17.2 Å². The Kier molecular flexibility index (Phi) is 6.89. The third-order valence-electron chi connectivity index (χ3n) is 2.53. The maximum atomic E-state index is 11.8. The molecule has 1 aromatic rings. The summed E-state index contributed by atoms with van der Waals surface area (Å²) in [6, 6.07) is 3.63. The number of hydrogen-bond donors (Lipinski definition) is 1. The molecule has 5 heteroatoms. The van der Waals surface area contributed by atoms with Crippen molar-refractivity contribution in [3.63, 3.8) is 0 Å². The molecule has 0 saturated heterocycles. The van der Waals surface area contributed by atoms with Crippen molar-refractivity contribution in [2.24, 2.45) is 0 Å². The first-order valence-electron chi connectivity index (χ1n) is 6.64. The van der Waals surface area contributed by atoms with Gasteiger partial charge in [-0.3, -0.25) is 9.78 Å². The molecule has 0 aliphatic rings. The van der Waals surface area contributed by atoms with Crippen molar-refractivity contribution < 1.29 is 9.53 Å². The van der Waals surface area contributed by atoms with Gasteiger partial charge in [0.25, 0.3) is 5.91 Å². The van der Waals surface area contributed by atoms with Crippen LogP contribution < -0.4 is 5.32 Å². The third kappa shape index (κ3) is 5.70. The Morgan fingerprint density at radius 1 is 1.42 bits per heavy atom. The second kappa shape index (κ2) is 8.48. The average molecular weight is 265 g/mol. The fraction of sp³-hybridized carbons (Fsp3) is 0.571. The zero-order valence-electron chi connectivity index (χ0n) is 12.0. The number of hydrogen-bond acceptors (Lipinski definition) is 4. The molecule has 0 aromatic carbocycles. The van der Waals surface area contributed by atoms with E-state index in [1.54, 1.807) is 26.4 Å². The molecule has 0 unspecified atom stereocenters. The number of carbonyl (C=O) groups excluding carboxylic acids is 1. The van der Waals surface area contributed by atoms with Gasteiger partial charge in [-0.15, -0.1) is 0 Å². The van der Waals surface area contributed by atoms with Gasteiger partial charge in [-0.05, 0) is 25.0 Å². The molecular weight excluding hydrogens is 242 g/mol. The van der Waals surface area contributed by atoms with E-state index >= 15 is 0 Å². The molecule has 0 bridgehead atoms. The van der Waals surface area contributed by atoms with Crippen LogP contribution in [0.2, 0.25) is 0 Å². The summed E-state index contributed by atoms with van der Waals surface area (Å²) >= 11 is 0. The van der Waals surface area contributed by atoms with Crippen molar-refractivity contribution >= 4 is 11.6 Å². The van der Waals surface area contributed by atoms with Gasteiger partial charge in [0, 0.05) is 45.7 Å². The molecule has 1 amide bonds. The molecule has 19 heavy (non-hydrogen) atoms. The first-order chi connectivity index (χ1) is 9.15. The minimum atomic E-state index is -0.0880. The normalized spacial score (nSPS) is 10.3. The maximum absolute atomic E-state index is 11.8. The summed E-state index contributed by atoms with van der Waals surface area (Å²) in [4.78, 5) is 17.4. The van der Waals surface area contributed by atoms with Crippen molar-refractivity contribution in [1.82, 2.24) is 9.88 Å². The van der Waals surface area contributed by atoms with Crippen LogP contribution in [0.25, 0.3) is 0 Å². The van der Waals surface area contributed by atoms with E-state index < -0.39 is 0 Å². The molecule has 1 rings (SSSR count). The lowest BCUT2D eigenvalue weighted by Crippen LogP contribution is -2.22. The van der Waals surface area contributed by atoms with Gasteiger partial charge < -0.3 is 15.0 Å². The molecular formula is C14H23N3O2. The van der Waals surface area contributed by atoms with Crippen LogP contribution in [0.5, 0.6) is 0 Å². The number of anilines is 1. The van der Waals surface area contributed by atoms with Crippen LogP contribution in [-0.4, -0.2) is 49.6 Å². The smallest absolute Gasteiger partial charge is 0.272 e. The van der Waals surface area contributed by atoms with E-state index in [1.165, 1.54) is 4.90 Å². The van der Waals surface area contributed by atoms with Gasteiger partial charge in [-0.2, -0.15) is 0 Å². The molecule has 0 aliphatic heterocycles. The molecule has 0 saturated carbocycles. The number of rotatable bonds is 8. The van der Waals surface area contributed by atoms with Crippen molar-refractivity contribution in [2.45, 2.75) is 19.8 Å². The minimum absolute atomic E-state index is 0.0880. The molecule has 0 atom stereocenters. The Morgan fingerprint density at radius 2 is 2.21 bits per heavy atom. The van der Waals surface area contributed by atoms with Crippen LogP contribution in [0.4, 0.5) is 5.69 Å². The van der Waals surface area contributed by atoms with Crippen LogP contribution >= 0.6 is 0 Å². The molecule has 0 aliphatic carbocycles. The van der Waals surface area contributed by atoms with E-state index in [0.717, 1.165) is 38.3 Å². The van der Waals surface area contributed by atoms with Gasteiger partial charge in [0.2, 0.25) is 0 Å². The highest BCUT2D eigenvalue weighted by molar-refractivity contribution is 5.92. The first-order valence-corrected chi connectivity index (χ1v) is 6.64. The van der Waals surface area contributed by atoms with Gasteiger partial charge in [-0.25, -0.2) is 0 Å². The summed E-state index contributed by atoms with van der Waals surface area (Å²) in [5.74, 6) is -0.0880. The Labute approximate surface area is 115 Å². The molecule has 0 spiro atoms. The lowest BCUT2D eigenvalue weighted by atomic mass is 10.3. The molecule has 1 N–H and O–H groups in total. The van der Waals surface area contributed by atoms with Crippen LogP contribution in [0.1, 0.15) is 30.3 Å². The zero-order chi connectivity index (χ0) is 14.1. The van der Waals surface area contributed by atoms with E-state index in [9.17, 15) is 4.79 Å². The Morgan fingerprint density at radius 3 is 2.89 bits per heavy atom. The van der Waals surface area contributed by atoms with Gasteiger partial charge >= 0.3 is 0 Å². The number of nitrogens with zero attached hydrogens (tertiary/aromatic N) is 2. The second-order valence-corrected chi connectivity index (χ2v) is 4.52. The maximum Gasteiger partial charge on any atom is 0.272 e. The largest absolute Gasteiger partial charge is 0.385 e. The molecule has 0 fully saturated rings. The van der Waals surface area contributed by atoms with E-state index in [1.807, 2.05) is 6.07 Å². The van der Waals surface area contributed by atoms with E-state index in [4.69, 9.17) is 4.74 Å². The standard InChI is InChI=1S/C14H23N3O2/c1-4-9-19-10-5-7-15-12-6-8-16-13(11-12)14(18)17(2)3/h6,8,11H,4-5,7,9-10H2,1-3H3,(H,15,16). The SMILES string of the molecule is CCCOCCCNc1ccnc(C(=O)N(C)C)c1. The summed E-state index contributed by atoms with van der Waals surface area (Å²) in [5, 5.41) is 3.27. The zero-order valence-corrected chi connectivity index (χ0v) is 12.0. The Bertz CT molecular complexity index is 394.